The highest BCUT2D eigenvalue weighted by Crippen LogP contribution is 2.39. The van der Waals surface area contributed by atoms with Gasteiger partial charge >= 0.3 is 0 Å². The number of nitriles is 1. The molecule has 0 saturated carbocycles. The van der Waals surface area contributed by atoms with Crippen molar-refractivity contribution < 1.29 is 5.11 Å². The first-order chi connectivity index (χ1) is 11.7. The molecule has 0 unspecified atom stereocenters. The van der Waals surface area contributed by atoms with Gasteiger partial charge in [-0.1, -0.05) is 18.2 Å². The van der Waals surface area contributed by atoms with E-state index in [1.807, 2.05) is 31.3 Å². The lowest BCUT2D eigenvalue weighted by Crippen LogP contribution is -1.99. The van der Waals surface area contributed by atoms with Gasteiger partial charge in [0.15, 0.2) is 0 Å². The van der Waals surface area contributed by atoms with Crippen molar-refractivity contribution in [1.29, 1.82) is 5.26 Å². The van der Waals surface area contributed by atoms with Crippen LogP contribution in [0, 0.1) is 11.3 Å². The summed E-state index contributed by atoms with van der Waals surface area (Å²) >= 11 is 1.61. The van der Waals surface area contributed by atoms with Gasteiger partial charge < -0.3 is 9.67 Å². The molecule has 2 aromatic heterocycles. The van der Waals surface area contributed by atoms with E-state index in [0.717, 1.165) is 35.2 Å². The molecule has 0 fully saturated rings. The molecule has 0 spiro atoms. The molecule has 1 N–H and O–H groups in total. The Morgan fingerprint density at radius 2 is 2.08 bits per heavy atom. The van der Waals surface area contributed by atoms with E-state index in [-0.39, 0.29) is 5.88 Å². The molecule has 1 aliphatic rings. The Labute approximate surface area is 144 Å². The number of aryl methyl sites for hydroxylation is 2. The number of aromatic nitrogens is 1. The lowest BCUT2D eigenvalue weighted by atomic mass is 9.96. The normalized spacial score (nSPS) is 14.2. The van der Waals surface area contributed by atoms with Crippen LogP contribution in [0.4, 0.5) is 5.00 Å². The molecule has 0 bridgehead atoms. The number of benzene rings is 1. The van der Waals surface area contributed by atoms with E-state index in [2.05, 4.69) is 11.1 Å². The van der Waals surface area contributed by atoms with Crippen LogP contribution in [-0.2, 0) is 19.9 Å². The summed E-state index contributed by atoms with van der Waals surface area (Å²) in [6.07, 6.45) is 6.04. The summed E-state index contributed by atoms with van der Waals surface area (Å²) in [5.74, 6) is 0.194. The fraction of sp³-hybridized carbons (Fsp3) is 0.263. The van der Waals surface area contributed by atoms with Crippen LogP contribution in [0.15, 0.2) is 29.3 Å². The van der Waals surface area contributed by atoms with Crippen molar-refractivity contribution in [1.82, 2.24) is 4.57 Å². The van der Waals surface area contributed by atoms with Gasteiger partial charge in [0.2, 0.25) is 5.88 Å². The second-order valence-electron chi connectivity index (χ2n) is 6.07. The van der Waals surface area contributed by atoms with Crippen LogP contribution in [-0.4, -0.2) is 15.9 Å². The lowest BCUT2D eigenvalue weighted by Gasteiger charge is -2.09. The molecule has 0 atom stereocenters. The molecule has 24 heavy (non-hydrogen) atoms. The fourth-order valence-corrected chi connectivity index (χ4v) is 4.60. The van der Waals surface area contributed by atoms with Crippen molar-refractivity contribution in [3.63, 3.8) is 0 Å². The largest absolute Gasteiger partial charge is 0.494 e. The molecule has 5 heteroatoms. The molecule has 4 rings (SSSR count). The minimum Gasteiger partial charge on any atom is -0.494 e. The van der Waals surface area contributed by atoms with E-state index in [1.165, 1.54) is 16.9 Å². The van der Waals surface area contributed by atoms with Crippen LogP contribution in [0.5, 0.6) is 5.88 Å². The number of fused-ring (bicyclic) bond motifs is 2. The second kappa shape index (κ2) is 5.81. The fourth-order valence-electron chi connectivity index (χ4n) is 3.42. The van der Waals surface area contributed by atoms with Crippen molar-refractivity contribution in [2.45, 2.75) is 25.7 Å². The number of para-hydroxylation sites is 1. The summed E-state index contributed by atoms with van der Waals surface area (Å²) in [7, 11) is 1.83. The smallest absolute Gasteiger partial charge is 0.200 e. The maximum Gasteiger partial charge on any atom is 0.200 e. The summed E-state index contributed by atoms with van der Waals surface area (Å²) in [5, 5.41) is 21.6. The van der Waals surface area contributed by atoms with Gasteiger partial charge in [-0.15, -0.1) is 11.3 Å². The van der Waals surface area contributed by atoms with Crippen LogP contribution >= 0.6 is 11.3 Å². The van der Waals surface area contributed by atoms with Crippen LogP contribution in [0.1, 0.15) is 34.4 Å². The minimum atomic E-state index is 0.194. The number of nitrogens with zero attached hydrogens (tertiary/aromatic N) is 3. The maximum absolute atomic E-state index is 10.4. The molecule has 0 radical (unpaired) electrons. The van der Waals surface area contributed by atoms with Crippen LogP contribution < -0.4 is 0 Å². The van der Waals surface area contributed by atoms with Crippen molar-refractivity contribution in [3.05, 3.63) is 45.8 Å². The number of hydrogen-bond acceptors (Lipinski definition) is 4. The summed E-state index contributed by atoms with van der Waals surface area (Å²) in [5.41, 5.74) is 3.56. The molecular formula is C19H17N3OS. The molecule has 120 valence electrons. The van der Waals surface area contributed by atoms with Crippen molar-refractivity contribution in [2.75, 3.05) is 0 Å². The Morgan fingerprint density at radius 3 is 2.92 bits per heavy atom. The van der Waals surface area contributed by atoms with E-state index in [9.17, 15) is 10.4 Å². The quantitative estimate of drug-likeness (QED) is 0.703. The topological polar surface area (TPSA) is 61.3 Å². The number of aliphatic imine (C=N–C) groups is 1. The third-order valence-electron chi connectivity index (χ3n) is 4.69. The molecule has 4 nitrogen and oxygen atoms in total. The van der Waals surface area contributed by atoms with Gasteiger partial charge in [-0.3, -0.25) is 0 Å². The highest BCUT2D eigenvalue weighted by Gasteiger charge is 2.20. The molecule has 2 heterocycles. The monoisotopic (exact) mass is 335 g/mol. The number of hydrogen-bond donors (Lipinski definition) is 1. The van der Waals surface area contributed by atoms with Crippen LogP contribution in [0.3, 0.4) is 0 Å². The third-order valence-corrected chi connectivity index (χ3v) is 5.89. The zero-order valence-electron chi connectivity index (χ0n) is 13.4. The zero-order chi connectivity index (χ0) is 16.7. The van der Waals surface area contributed by atoms with E-state index in [1.54, 1.807) is 22.1 Å². The second-order valence-corrected chi connectivity index (χ2v) is 7.16. The van der Waals surface area contributed by atoms with Gasteiger partial charge in [-0.25, -0.2) is 4.99 Å². The first-order valence-electron chi connectivity index (χ1n) is 8.05. The van der Waals surface area contributed by atoms with Gasteiger partial charge in [-0.05, 0) is 37.3 Å². The van der Waals surface area contributed by atoms with Gasteiger partial charge in [0.05, 0.1) is 16.6 Å². The van der Waals surface area contributed by atoms with E-state index in [4.69, 9.17) is 0 Å². The summed E-state index contributed by atoms with van der Waals surface area (Å²) in [6.45, 7) is 0. The summed E-state index contributed by atoms with van der Waals surface area (Å²) in [4.78, 5) is 5.87. The predicted octanol–water partition coefficient (Wildman–Crippen LogP) is 4.45. The predicted molar refractivity (Wildman–Crippen MR) is 97.5 cm³/mol. The van der Waals surface area contributed by atoms with E-state index < -0.39 is 0 Å². The average Bonchev–Trinajstić information content (AvgIpc) is 3.09. The Hall–Kier alpha value is -2.58. The highest BCUT2D eigenvalue weighted by molar-refractivity contribution is 7.16. The molecule has 1 aromatic carbocycles. The zero-order valence-corrected chi connectivity index (χ0v) is 14.2. The third kappa shape index (κ3) is 2.22. The minimum absolute atomic E-state index is 0.194. The lowest BCUT2D eigenvalue weighted by molar-refractivity contribution is 0.434. The maximum atomic E-state index is 10.4. The molecule has 0 saturated heterocycles. The highest BCUT2D eigenvalue weighted by atomic mass is 32.1. The van der Waals surface area contributed by atoms with Crippen LogP contribution in [0.2, 0.25) is 0 Å². The SMILES string of the molecule is Cn1c(O)c(C=Nc2sc3c(c2C#N)CCCC3)c2ccccc21. The standard InChI is InChI=1S/C19H17N3OS/c1-22-16-8-4-2-6-12(16)15(19(22)23)11-21-18-14(10-20)13-7-3-5-9-17(13)24-18/h2,4,6,8,11,23H,3,5,7,9H2,1H3. The Kier molecular flexibility index (Phi) is 3.62. The Morgan fingerprint density at radius 1 is 1.29 bits per heavy atom. The first kappa shape index (κ1) is 15.0. The van der Waals surface area contributed by atoms with Crippen LogP contribution in [0.25, 0.3) is 10.9 Å². The molecular weight excluding hydrogens is 318 g/mol. The van der Waals surface area contributed by atoms with E-state index >= 15 is 0 Å². The van der Waals surface area contributed by atoms with Crippen molar-refractivity contribution >= 4 is 33.5 Å². The van der Waals surface area contributed by atoms with Crippen molar-refractivity contribution in [2.24, 2.45) is 12.0 Å². The first-order valence-corrected chi connectivity index (χ1v) is 8.87. The Balaban J connectivity index is 1.81. The summed E-state index contributed by atoms with van der Waals surface area (Å²) in [6, 6.07) is 10.2. The molecule has 0 aliphatic heterocycles. The van der Waals surface area contributed by atoms with Gasteiger partial charge in [0.25, 0.3) is 0 Å². The van der Waals surface area contributed by atoms with Gasteiger partial charge in [0.1, 0.15) is 11.1 Å². The van der Waals surface area contributed by atoms with Gasteiger partial charge in [0, 0.05) is 23.5 Å². The number of thiophene rings is 1. The van der Waals surface area contributed by atoms with E-state index in [0.29, 0.717) is 11.1 Å². The molecule has 1 aliphatic carbocycles. The Bertz CT molecular complexity index is 1000. The number of aromatic hydroxyl groups is 1. The molecule has 0 amide bonds. The average molecular weight is 335 g/mol. The molecule has 3 aromatic rings. The van der Waals surface area contributed by atoms with Gasteiger partial charge in [-0.2, -0.15) is 5.26 Å². The number of rotatable bonds is 2. The summed E-state index contributed by atoms with van der Waals surface area (Å²) < 4.78 is 1.75. The van der Waals surface area contributed by atoms with Crippen molar-refractivity contribution in [3.8, 4) is 11.9 Å².